The van der Waals surface area contributed by atoms with Crippen LogP contribution in [0, 0.1) is 12.3 Å². The molecule has 2 rings (SSSR count). The highest BCUT2D eigenvalue weighted by molar-refractivity contribution is 7.11. The van der Waals surface area contributed by atoms with Gasteiger partial charge in [-0.1, -0.05) is 20.8 Å². The molecule has 0 bridgehead atoms. The van der Waals surface area contributed by atoms with Crippen LogP contribution in [0.4, 0.5) is 0 Å². The molecule has 2 nitrogen and oxygen atoms in total. The highest BCUT2D eigenvalue weighted by Crippen LogP contribution is 2.44. The first-order valence-corrected chi connectivity index (χ1v) is 7.44. The highest BCUT2D eigenvalue weighted by atomic mass is 32.1. The third kappa shape index (κ3) is 2.55. The zero-order valence-corrected chi connectivity index (χ0v) is 12.3. The fraction of sp³-hybridized carbons (Fsp3) is 0.786. The molecular weight excluding hydrogens is 228 g/mol. The maximum atomic E-state index is 6.59. The van der Waals surface area contributed by atoms with Gasteiger partial charge in [-0.05, 0) is 44.4 Å². The van der Waals surface area contributed by atoms with E-state index in [9.17, 15) is 0 Å². The van der Waals surface area contributed by atoms with Crippen molar-refractivity contribution in [2.45, 2.75) is 65.3 Å². The van der Waals surface area contributed by atoms with Crippen molar-refractivity contribution in [2.24, 2.45) is 11.1 Å². The second-order valence-electron chi connectivity index (χ2n) is 6.20. The van der Waals surface area contributed by atoms with Crippen LogP contribution >= 0.6 is 11.3 Å². The summed E-state index contributed by atoms with van der Waals surface area (Å²) in [5.41, 5.74) is 8.13. The van der Waals surface area contributed by atoms with E-state index in [0.29, 0.717) is 5.41 Å². The van der Waals surface area contributed by atoms with Crippen LogP contribution in [0.15, 0.2) is 0 Å². The number of rotatable bonds is 2. The van der Waals surface area contributed by atoms with Gasteiger partial charge in [0.2, 0.25) is 0 Å². The maximum Gasteiger partial charge on any atom is 0.113 e. The second kappa shape index (κ2) is 4.36. The molecule has 1 fully saturated rings. The van der Waals surface area contributed by atoms with E-state index >= 15 is 0 Å². The largest absolute Gasteiger partial charge is 0.319 e. The molecular formula is C14H24N2S. The Balaban J connectivity index is 2.21. The van der Waals surface area contributed by atoms with E-state index in [1.165, 1.54) is 28.4 Å². The lowest BCUT2D eigenvalue weighted by Crippen LogP contribution is -2.42. The van der Waals surface area contributed by atoms with Crippen LogP contribution in [0.5, 0.6) is 0 Å². The first-order valence-electron chi connectivity index (χ1n) is 6.62. The Morgan fingerprint density at radius 3 is 2.29 bits per heavy atom. The molecule has 0 aliphatic heterocycles. The summed E-state index contributed by atoms with van der Waals surface area (Å²) in [6, 6.07) is 0. The summed E-state index contributed by atoms with van der Waals surface area (Å²) >= 11 is 1.81. The molecule has 0 radical (unpaired) electrons. The summed E-state index contributed by atoms with van der Waals surface area (Å²) in [6.45, 7) is 9.02. The van der Waals surface area contributed by atoms with Gasteiger partial charge in [0.25, 0.3) is 0 Å². The number of hydrogen-bond acceptors (Lipinski definition) is 3. The third-order valence-electron chi connectivity index (χ3n) is 4.15. The van der Waals surface area contributed by atoms with Crippen LogP contribution in [0.2, 0.25) is 0 Å². The Bertz CT molecular complexity index is 396. The van der Waals surface area contributed by atoms with Gasteiger partial charge in [-0.2, -0.15) is 0 Å². The first kappa shape index (κ1) is 13.0. The van der Waals surface area contributed by atoms with Gasteiger partial charge in [-0.25, -0.2) is 4.98 Å². The molecule has 0 amide bonds. The van der Waals surface area contributed by atoms with Gasteiger partial charge in [0.1, 0.15) is 5.01 Å². The van der Waals surface area contributed by atoms with E-state index in [0.717, 1.165) is 19.3 Å². The van der Waals surface area contributed by atoms with Gasteiger partial charge in [0, 0.05) is 4.88 Å². The van der Waals surface area contributed by atoms with Gasteiger partial charge in [0.05, 0.1) is 11.2 Å². The normalized spacial score (nSPS) is 22.6. The number of aromatic nitrogens is 1. The molecule has 2 N–H and O–H groups in total. The van der Waals surface area contributed by atoms with Gasteiger partial charge in [-0.15, -0.1) is 11.3 Å². The summed E-state index contributed by atoms with van der Waals surface area (Å²) < 4.78 is 0. The fourth-order valence-corrected chi connectivity index (χ4v) is 3.72. The molecule has 0 spiro atoms. The zero-order chi connectivity index (χ0) is 12.7. The predicted octanol–water partition coefficient (Wildman–Crippen LogP) is 3.77. The number of thiazole rings is 1. The van der Waals surface area contributed by atoms with Crippen molar-refractivity contribution in [2.75, 3.05) is 0 Å². The second-order valence-corrected chi connectivity index (χ2v) is 7.40. The van der Waals surface area contributed by atoms with Crippen LogP contribution in [-0.2, 0) is 12.0 Å². The zero-order valence-electron chi connectivity index (χ0n) is 11.5. The Kier molecular flexibility index (Phi) is 3.34. The summed E-state index contributed by atoms with van der Waals surface area (Å²) in [6.07, 6.45) is 5.60. The molecule has 0 aromatic carbocycles. The minimum Gasteiger partial charge on any atom is -0.319 e. The Morgan fingerprint density at radius 2 is 1.82 bits per heavy atom. The maximum absolute atomic E-state index is 6.59. The molecule has 3 heteroatoms. The molecule has 1 aromatic rings. The molecule has 1 aliphatic carbocycles. The molecule has 1 aromatic heterocycles. The van der Waals surface area contributed by atoms with Crippen LogP contribution < -0.4 is 5.73 Å². The van der Waals surface area contributed by atoms with Gasteiger partial charge < -0.3 is 5.73 Å². The van der Waals surface area contributed by atoms with E-state index in [2.05, 4.69) is 27.7 Å². The first-order chi connectivity index (χ1) is 7.86. The summed E-state index contributed by atoms with van der Waals surface area (Å²) in [5, 5.41) is 1.17. The molecule has 1 heterocycles. The van der Waals surface area contributed by atoms with Crippen LogP contribution in [0.25, 0.3) is 0 Å². The van der Waals surface area contributed by atoms with E-state index in [1.54, 1.807) is 0 Å². The van der Waals surface area contributed by atoms with Gasteiger partial charge in [0.15, 0.2) is 0 Å². The van der Waals surface area contributed by atoms with Crippen LogP contribution in [0.3, 0.4) is 0 Å². The average Bonchev–Trinajstić information content (AvgIpc) is 2.65. The third-order valence-corrected chi connectivity index (χ3v) is 5.38. The molecule has 1 saturated carbocycles. The van der Waals surface area contributed by atoms with E-state index in [1.807, 2.05) is 11.3 Å². The SMILES string of the molecule is CCc1nc(C2(N)CCC(C)(C)CC2)sc1C. The van der Waals surface area contributed by atoms with Crippen molar-refractivity contribution in [3.8, 4) is 0 Å². The monoisotopic (exact) mass is 252 g/mol. The lowest BCUT2D eigenvalue weighted by atomic mass is 9.70. The Morgan fingerprint density at radius 1 is 1.24 bits per heavy atom. The van der Waals surface area contributed by atoms with Crippen LogP contribution in [-0.4, -0.2) is 4.98 Å². The number of nitrogens with two attached hydrogens (primary N) is 1. The van der Waals surface area contributed by atoms with E-state index in [-0.39, 0.29) is 5.54 Å². The smallest absolute Gasteiger partial charge is 0.113 e. The number of hydrogen-bond donors (Lipinski definition) is 1. The lowest BCUT2D eigenvalue weighted by molar-refractivity contribution is 0.165. The quantitative estimate of drug-likeness (QED) is 0.870. The summed E-state index contributed by atoms with van der Waals surface area (Å²) in [4.78, 5) is 6.11. The summed E-state index contributed by atoms with van der Waals surface area (Å²) in [7, 11) is 0. The minimum atomic E-state index is -0.154. The van der Waals surface area contributed by atoms with Crippen molar-refractivity contribution < 1.29 is 0 Å². The molecule has 1 aliphatic rings. The lowest BCUT2D eigenvalue weighted by Gasteiger charge is -2.40. The fourth-order valence-electron chi connectivity index (χ4n) is 2.56. The molecule has 17 heavy (non-hydrogen) atoms. The average molecular weight is 252 g/mol. The van der Waals surface area contributed by atoms with Crippen molar-refractivity contribution in [3.05, 3.63) is 15.6 Å². The molecule has 0 atom stereocenters. The predicted molar refractivity (Wildman–Crippen MR) is 74.3 cm³/mol. The number of nitrogens with zero attached hydrogens (tertiary/aromatic N) is 1. The Hall–Kier alpha value is -0.410. The van der Waals surface area contributed by atoms with Crippen LogP contribution in [0.1, 0.15) is 62.0 Å². The number of aryl methyl sites for hydroxylation is 2. The van der Waals surface area contributed by atoms with Crippen molar-refractivity contribution in [1.29, 1.82) is 0 Å². The van der Waals surface area contributed by atoms with Crippen molar-refractivity contribution in [1.82, 2.24) is 4.98 Å². The molecule has 0 saturated heterocycles. The minimum absolute atomic E-state index is 0.154. The Labute approximate surface area is 109 Å². The van der Waals surface area contributed by atoms with Gasteiger partial charge >= 0.3 is 0 Å². The van der Waals surface area contributed by atoms with E-state index < -0.39 is 0 Å². The van der Waals surface area contributed by atoms with Crippen molar-refractivity contribution >= 4 is 11.3 Å². The highest BCUT2D eigenvalue weighted by Gasteiger charge is 2.38. The van der Waals surface area contributed by atoms with Gasteiger partial charge in [-0.3, -0.25) is 0 Å². The molecule has 0 unspecified atom stereocenters. The summed E-state index contributed by atoms with van der Waals surface area (Å²) in [5.74, 6) is 0. The molecule has 96 valence electrons. The topological polar surface area (TPSA) is 38.9 Å². The van der Waals surface area contributed by atoms with Crippen molar-refractivity contribution in [3.63, 3.8) is 0 Å². The standard InChI is InChI=1S/C14H24N2S/c1-5-11-10(2)17-12(16-11)14(15)8-6-13(3,4)7-9-14/h5-9,15H2,1-4H3. The van der Waals surface area contributed by atoms with E-state index in [4.69, 9.17) is 10.7 Å².